The summed E-state index contributed by atoms with van der Waals surface area (Å²) in [6, 6.07) is 14.8. The maximum absolute atomic E-state index is 14.1. The van der Waals surface area contributed by atoms with Crippen molar-refractivity contribution >= 4 is 27.3 Å². The van der Waals surface area contributed by atoms with E-state index in [0.717, 1.165) is 17.5 Å². The van der Waals surface area contributed by atoms with E-state index >= 15 is 0 Å². The van der Waals surface area contributed by atoms with E-state index < -0.39 is 10.0 Å². The maximum Gasteiger partial charge on any atom is 0.243 e. The van der Waals surface area contributed by atoms with Gasteiger partial charge in [0.05, 0.1) is 24.6 Å². The second-order valence-corrected chi connectivity index (χ2v) is 12.2. The molecule has 0 radical (unpaired) electrons. The van der Waals surface area contributed by atoms with Crippen molar-refractivity contribution < 1.29 is 22.3 Å². The summed E-state index contributed by atoms with van der Waals surface area (Å²) in [6.45, 7) is 2.31. The van der Waals surface area contributed by atoms with Crippen LogP contribution in [0.25, 0.3) is 0 Å². The Morgan fingerprint density at radius 3 is 2.62 bits per heavy atom. The third-order valence-electron chi connectivity index (χ3n) is 7.07. The van der Waals surface area contributed by atoms with Crippen LogP contribution in [-0.4, -0.2) is 74.8 Å². The van der Waals surface area contributed by atoms with Crippen LogP contribution in [0.15, 0.2) is 64.9 Å². The maximum atomic E-state index is 14.1. The average molecular weight is 544 g/mol. The van der Waals surface area contributed by atoms with Crippen LogP contribution in [0.1, 0.15) is 28.5 Å². The zero-order valence-electron chi connectivity index (χ0n) is 20.7. The number of rotatable bonds is 6. The molecule has 1 aromatic heterocycles. The molecule has 1 amide bonds. The van der Waals surface area contributed by atoms with E-state index in [9.17, 15) is 17.6 Å². The molecule has 3 aromatic rings. The van der Waals surface area contributed by atoms with Gasteiger partial charge in [0.2, 0.25) is 15.9 Å². The van der Waals surface area contributed by atoms with Crippen molar-refractivity contribution in [2.45, 2.75) is 23.8 Å². The molecule has 196 valence electrons. The molecule has 2 aromatic carbocycles. The Kier molecular flexibility index (Phi) is 7.62. The van der Waals surface area contributed by atoms with E-state index in [2.05, 4.69) is 16.3 Å². The van der Waals surface area contributed by atoms with Gasteiger partial charge in [0, 0.05) is 37.6 Å². The van der Waals surface area contributed by atoms with Gasteiger partial charge in [0.1, 0.15) is 11.6 Å². The Morgan fingerprint density at radius 2 is 1.86 bits per heavy atom. The van der Waals surface area contributed by atoms with E-state index in [-0.39, 0.29) is 35.8 Å². The fraction of sp³-hybridized carbons (Fsp3) is 0.370. The Hall–Kier alpha value is -2.79. The van der Waals surface area contributed by atoms with Crippen LogP contribution in [0.2, 0.25) is 0 Å². The molecule has 1 unspecified atom stereocenters. The minimum absolute atomic E-state index is 0.0382. The summed E-state index contributed by atoms with van der Waals surface area (Å²) < 4.78 is 47.1. The second kappa shape index (κ2) is 10.9. The summed E-state index contributed by atoms with van der Waals surface area (Å²) in [5, 5.41) is 2.05. The van der Waals surface area contributed by atoms with Gasteiger partial charge in [-0.15, -0.1) is 11.3 Å². The molecule has 10 heteroatoms. The van der Waals surface area contributed by atoms with Crippen LogP contribution < -0.4 is 4.74 Å². The summed E-state index contributed by atoms with van der Waals surface area (Å²) >= 11 is 1.70. The van der Waals surface area contributed by atoms with E-state index in [1.807, 2.05) is 6.07 Å². The normalized spacial score (nSPS) is 19.3. The molecule has 7 nitrogen and oxygen atoms in total. The summed E-state index contributed by atoms with van der Waals surface area (Å²) in [7, 11) is -2.13. The number of benzene rings is 2. The van der Waals surface area contributed by atoms with Crippen molar-refractivity contribution in [3.05, 3.63) is 81.8 Å². The minimum atomic E-state index is -3.67. The summed E-state index contributed by atoms with van der Waals surface area (Å²) in [5.41, 5.74) is 1.96. The topological polar surface area (TPSA) is 70.2 Å². The van der Waals surface area contributed by atoms with E-state index in [4.69, 9.17) is 4.74 Å². The lowest BCUT2D eigenvalue weighted by Crippen LogP contribution is -2.45. The number of carbonyl (C=O) groups is 1. The molecule has 0 spiro atoms. The Bertz CT molecular complexity index is 1360. The van der Waals surface area contributed by atoms with Crippen LogP contribution >= 0.6 is 11.3 Å². The number of hydrogen-bond donors (Lipinski definition) is 0. The third-order valence-corrected chi connectivity index (χ3v) is 9.98. The van der Waals surface area contributed by atoms with Gasteiger partial charge >= 0.3 is 0 Å². The molecular weight excluding hydrogens is 513 g/mol. The predicted molar refractivity (Wildman–Crippen MR) is 141 cm³/mol. The zero-order chi connectivity index (χ0) is 26.0. The van der Waals surface area contributed by atoms with Crippen molar-refractivity contribution in [3.8, 4) is 5.75 Å². The highest BCUT2D eigenvalue weighted by atomic mass is 32.2. The van der Waals surface area contributed by atoms with Crippen LogP contribution in [0.4, 0.5) is 4.39 Å². The zero-order valence-corrected chi connectivity index (χ0v) is 22.3. The van der Waals surface area contributed by atoms with Gasteiger partial charge in [0.15, 0.2) is 0 Å². The number of methoxy groups -OCH3 is 1. The lowest BCUT2D eigenvalue weighted by molar-refractivity contribution is -0.132. The number of carbonyl (C=O) groups excluding carboxylic acids is 1. The number of fused-ring (bicyclic) bond motifs is 1. The first-order chi connectivity index (χ1) is 17.9. The number of thiophene rings is 1. The molecule has 0 N–H and O–H groups in total. The van der Waals surface area contributed by atoms with Gasteiger partial charge in [-0.1, -0.05) is 12.1 Å². The second-order valence-electron chi connectivity index (χ2n) is 9.29. The van der Waals surface area contributed by atoms with Gasteiger partial charge < -0.3 is 9.64 Å². The Morgan fingerprint density at radius 1 is 1.05 bits per heavy atom. The van der Waals surface area contributed by atoms with Crippen molar-refractivity contribution in [2.75, 3.05) is 46.4 Å². The summed E-state index contributed by atoms with van der Waals surface area (Å²) in [5.74, 6) is 0.260. The minimum Gasteiger partial charge on any atom is -0.497 e. The molecule has 1 atom stereocenters. The Labute approximate surface area is 221 Å². The monoisotopic (exact) mass is 543 g/mol. The van der Waals surface area contributed by atoms with Crippen molar-refractivity contribution in [2.24, 2.45) is 0 Å². The number of ether oxygens (including phenoxy) is 1. The lowest BCUT2D eigenvalue weighted by atomic mass is 9.93. The average Bonchev–Trinajstić information content (AvgIpc) is 3.23. The molecule has 0 aliphatic carbocycles. The molecule has 1 fully saturated rings. The first kappa shape index (κ1) is 25.8. The largest absolute Gasteiger partial charge is 0.497 e. The number of amides is 1. The van der Waals surface area contributed by atoms with Gasteiger partial charge in [-0.25, -0.2) is 12.8 Å². The van der Waals surface area contributed by atoms with Crippen molar-refractivity contribution in [3.63, 3.8) is 0 Å². The van der Waals surface area contributed by atoms with Crippen molar-refractivity contribution in [1.82, 2.24) is 14.1 Å². The van der Waals surface area contributed by atoms with Crippen LogP contribution in [-0.2, 0) is 21.2 Å². The van der Waals surface area contributed by atoms with Crippen molar-refractivity contribution in [1.29, 1.82) is 0 Å². The molecule has 5 rings (SSSR count). The smallest absolute Gasteiger partial charge is 0.243 e. The predicted octanol–water partition coefficient (Wildman–Crippen LogP) is 3.77. The fourth-order valence-corrected chi connectivity index (χ4v) is 7.53. The van der Waals surface area contributed by atoms with E-state index in [0.29, 0.717) is 38.3 Å². The molecule has 2 aliphatic heterocycles. The highest BCUT2D eigenvalue weighted by Crippen LogP contribution is 2.37. The fourth-order valence-electron chi connectivity index (χ4n) is 5.16. The summed E-state index contributed by atoms with van der Waals surface area (Å²) in [6.07, 6.45) is 1.41. The molecule has 0 bridgehead atoms. The molecule has 0 saturated carbocycles. The third kappa shape index (κ3) is 5.43. The van der Waals surface area contributed by atoms with E-state index in [1.54, 1.807) is 52.6 Å². The highest BCUT2D eigenvalue weighted by molar-refractivity contribution is 7.89. The highest BCUT2D eigenvalue weighted by Gasteiger charge is 2.33. The quantitative estimate of drug-likeness (QED) is 0.474. The first-order valence-electron chi connectivity index (χ1n) is 12.3. The number of hydrogen-bond acceptors (Lipinski definition) is 6. The Balaban J connectivity index is 1.28. The SMILES string of the molecule is COc1ccc(S(=O)(=O)N2CCCN(C(=O)CN3CCc4sccc4C3c3cccc(F)c3)CC2)cc1. The van der Waals surface area contributed by atoms with Gasteiger partial charge in [0.25, 0.3) is 0 Å². The number of sulfonamides is 1. The molecule has 3 heterocycles. The molecular formula is C27H30FN3O4S2. The number of halogens is 1. The lowest BCUT2D eigenvalue weighted by Gasteiger charge is -2.37. The molecule has 2 aliphatic rings. The van der Waals surface area contributed by atoms with Gasteiger partial charge in [-0.05, 0) is 71.8 Å². The van der Waals surface area contributed by atoms with E-state index in [1.165, 1.54) is 22.4 Å². The van der Waals surface area contributed by atoms with Crippen LogP contribution in [0.3, 0.4) is 0 Å². The number of nitrogens with zero attached hydrogens (tertiary/aromatic N) is 3. The van der Waals surface area contributed by atoms with Crippen LogP contribution in [0.5, 0.6) is 5.75 Å². The first-order valence-corrected chi connectivity index (χ1v) is 14.7. The summed E-state index contributed by atoms with van der Waals surface area (Å²) in [4.78, 5) is 18.8. The molecule has 1 saturated heterocycles. The van der Waals surface area contributed by atoms with Gasteiger partial charge in [-0.2, -0.15) is 4.31 Å². The van der Waals surface area contributed by atoms with Gasteiger partial charge in [-0.3, -0.25) is 9.69 Å². The standard InChI is InChI=1S/C27H30FN3O4S2/c1-35-22-6-8-23(9-7-22)37(33,34)31-13-3-12-29(15-16-31)26(32)19-30-14-10-25-24(11-17-36-25)27(30)20-4-2-5-21(28)18-20/h2,4-9,11,17-18,27H,3,10,12-16,19H2,1H3. The van der Waals surface area contributed by atoms with Crippen LogP contribution in [0, 0.1) is 5.82 Å². The molecule has 37 heavy (non-hydrogen) atoms.